The van der Waals surface area contributed by atoms with Crippen molar-refractivity contribution in [3.8, 4) is 0 Å². The van der Waals surface area contributed by atoms with Crippen molar-refractivity contribution < 1.29 is 4.39 Å². The number of rotatable bonds is 6. The van der Waals surface area contributed by atoms with E-state index in [4.69, 9.17) is 0 Å². The van der Waals surface area contributed by atoms with Gasteiger partial charge in [-0.3, -0.25) is 5.10 Å². The van der Waals surface area contributed by atoms with Crippen molar-refractivity contribution in [1.29, 1.82) is 0 Å². The van der Waals surface area contributed by atoms with E-state index in [0.717, 1.165) is 36.6 Å². The molecule has 1 aliphatic rings. The maximum absolute atomic E-state index is 14.0. The minimum Gasteiger partial charge on any atom is -0.357 e. The van der Waals surface area contributed by atoms with Gasteiger partial charge in [0.15, 0.2) is 5.96 Å². The summed E-state index contributed by atoms with van der Waals surface area (Å²) in [5, 5.41) is 13.4. The number of hydrogen-bond acceptors (Lipinski definition) is 2. The Morgan fingerprint density at radius 2 is 2.13 bits per heavy atom. The molecule has 0 saturated heterocycles. The van der Waals surface area contributed by atoms with E-state index in [9.17, 15) is 4.39 Å². The quantitative estimate of drug-likeness (QED) is 0.566. The van der Waals surface area contributed by atoms with E-state index < -0.39 is 0 Å². The smallest absolute Gasteiger partial charge is 0.191 e. The van der Waals surface area contributed by atoms with Crippen LogP contribution in [0.3, 0.4) is 0 Å². The van der Waals surface area contributed by atoms with Gasteiger partial charge in [0.25, 0.3) is 0 Å². The first-order valence-electron chi connectivity index (χ1n) is 7.99. The van der Waals surface area contributed by atoms with Crippen LogP contribution in [0.2, 0.25) is 0 Å². The van der Waals surface area contributed by atoms with Crippen LogP contribution in [-0.2, 0) is 12.0 Å². The van der Waals surface area contributed by atoms with E-state index in [1.807, 2.05) is 25.1 Å². The van der Waals surface area contributed by atoms with Crippen molar-refractivity contribution >= 4 is 5.96 Å². The number of aromatic nitrogens is 2. The zero-order chi connectivity index (χ0) is 16.1. The van der Waals surface area contributed by atoms with Gasteiger partial charge >= 0.3 is 0 Å². The van der Waals surface area contributed by atoms with Crippen molar-refractivity contribution in [2.24, 2.45) is 4.99 Å². The summed E-state index contributed by atoms with van der Waals surface area (Å²) in [5.74, 6) is 0.621. The number of aromatic amines is 1. The predicted molar refractivity (Wildman–Crippen MR) is 88.7 cm³/mol. The first-order valence-corrected chi connectivity index (χ1v) is 7.99. The van der Waals surface area contributed by atoms with Gasteiger partial charge in [0.05, 0.1) is 12.2 Å². The van der Waals surface area contributed by atoms with Crippen molar-refractivity contribution in [3.63, 3.8) is 0 Å². The highest BCUT2D eigenvalue weighted by Gasteiger charge is 2.45. The molecule has 0 bridgehead atoms. The highest BCUT2D eigenvalue weighted by molar-refractivity contribution is 5.79. The highest BCUT2D eigenvalue weighted by Crippen LogP contribution is 2.48. The van der Waals surface area contributed by atoms with Crippen LogP contribution in [0.15, 0.2) is 41.5 Å². The second-order valence-corrected chi connectivity index (χ2v) is 5.89. The molecule has 1 aromatic heterocycles. The highest BCUT2D eigenvalue weighted by atomic mass is 19.1. The number of aliphatic imine (C=N–C) groups is 1. The number of benzene rings is 1. The summed E-state index contributed by atoms with van der Waals surface area (Å²) in [6, 6.07) is 8.95. The number of hydrogen-bond donors (Lipinski definition) is 3. The Hall–Kier alpha value is -2.37. The van der Waals surface area contributed by atoms with E-state index in [1.54, 1.807) is 12.3 Å². The number of nitrogens with zero attached hydrogens (tertiary/aromatic N) is 2. The number of nitrogens with one attached hydrogen (secondary N) is 3. The van der Waals surface area contributed by atoms with Gasteiger partial charge in [-0.25, -0.2) is 9.38 Å². The maximum Gasteiger partial charge on any atom is 0.191 e. The Morgan fingerprint density at radius 1 is 1.30 bits per heavy atom. The van der Waals surface area contributed by atoms with E-state index in [2.05, 4.69) is 25.8 Å². The van der Waals surface area contributed by atoms with Gasteiger partial charge in [-0.05, 0) is 37.5 Å². The van der Waals surface area contributed by atoms with Gasteiger partial charge in [0.2, 0.25) is 0 Å². The topological polar surface area (TPSA) is 65.1 Å². The lowest BCUT2D eigenvalue weighted by Crippen LogP contribution is -2.41. The average Bonchev–Trinajstić information content (AvgIpc) is 3.16. The molecule has 5 nitrogen and oxygen atoms in total. The van der Waals surface area contributed by atoms with Gasteiger partial charge in [0, 0.05) is 24.7 Å². The standard InChI is InChI=1S/C17H22FN5/c1-2-19-16(20-11-13-7-10-22-23-13)21-12-17(8-9-17)14-5-3-4-6-15(14)18/h3-7,10H,2,8-9,11-12H2,1H3,(H,22,23)(H2,19,20,21). The normalized spacial score (nSPS) is 16.2. The van der Waals surface area contributed by atoms with Crippen molar-refractivity contribution in [2.75, 3.05) is 13.1 Å². The fourth-order valence-electron chi connectivity index (χ4n) is 2.72. The fraction of sp³-hybridized carbons (Fsp3) is 0.412. The fourth-order valence-corrected chi connectivity index (χ4v) is 2.72. The Morgan fingerprint density at radius 3 is 2.78 bits per heavy atom. The van der Waals surface area contributed by atoms with Crippen molar-refractivity contribution in [2.45, 2.75) is 31.7 Å². The van der Waals surface area contributed by atoms with E-state index in [-0.39, 0.29) is 11.2 Å². The Bertz CT molecular complexity index is 661. The molecule has 3 rings (SSSR count). The average molecular weight is 315 g/mol. The molecule has 3 N–H and O–H groups in total. The lowest BCUT2D eigenvalue weighted by atomic mass is 9.95. The molecule has 1 saturated carbocycles. The minimum atomic E-state index is -0.119. The SMILES string of the molecule is CCNC(=NCc1ccn[nH]1)NCC1(c2ccccc2F)CC1. The van der Waals surface area contributed by atoms with Crippen LogP contribution in [-0.4, -0.2) is 29.2 Å². The Labute approximate surface area is 135 Å². The van der Waals surface area contributed by atoms with Gasteiger partial charge in [-0.15, -0.1) is 0 Å². The molecule has 2 aromatic rings. The molecule has 0 amide bonds. The molecule has 0 spiro atoms. The summed E-state index contributed by atoms with van der Waals surface area (Å²) in [6.45, 7) is 4.02. The molecular weight excluding hydrogens is 293 g/mol. The summed E-state index contributed by atoms with van der Waals surface area (Å²) in [6.07, 6.45) is 3.71. The summed E-state index contributed by atoms with van der Waals surface area (Å²) in [7, 11) is 0. The summed E-state index contributed by atoms with van der Waals surface area (Å²) < 4.78 is 14.0. The monoisotopic (exact) mass is 315 g/mol. The Kier molecular flexibility index (Phi) is 4.60. The van der Waals surface area contributed by atoms with Gasteiger partial charge in [-0.2, -0.15) is 5.10 Å². The molecule has 0 radical (unpaired) electrons. The lowest BCUT2D eigenvalue weighted by Gasteiger charge is -2.19. The molecule has 23 heavy (non-hydrogen) atoms. The van der Waals surface area contributed by atoms with Crippen LogP contribution in [0.4, 0.5) is 4.39 Å². The molecule has 1 heterocycles. The third-order valence-electron chi connectivity index (χ3n) is 4.20. The van der Waals surface area contributed by atoms with Gasteiger partial charge in [-0.1, -0.05) is 18.2 Å². The number of halogens is 1. The van der Waals surface area contributed by atoms with Crippen LogP contribution in [0.5, 0.6) is 0 Å². The third-order valence-corrected chi connectivity index (χ3v) is 4.20. The first kappa shape index (κ1) is 15.5. The Balaban J connectivity index is 1.65. The van der Waals surface area contributed by atoms with Crippen LogP contribution in [0.25, 0.3) is 0 Å². The van der Waals surface area contributed by atoms with E-state index in [1.165, 1.54) is 6.07 Å². The third kappa shape index (κ3) is 3.70. The molecular formula is C17H22FN5. The largest absolute Gasteiger partial charge is 0.357 e. The van der Waals surface area contributed by atoms with Gasteiger partial charge < -0.3 is 10.6 Å². The molecule has 1 aromatic carbocycles. The van der Waals surface area contributed by atoms with E-state index >= 15 is 0 Å². The summed E-state index contributed by atoms with van der Waals surface area (Å²) in [5.41, 5.74) is 1.66. The second-order valence-electron chi connectivity index (χ2n) is 5.89. The molecule has 0 atom stereocenters. The van der Waals surface area contributed by atoms with Crippen molar-refractivity contribution in [1.82, 2.24) is 20.8 Å². The molecule has 122 valence electrons. The number of guanidine groups is 1. The van der Waals surface area contributed by atoms with Crippen LogP contribution >= 0.6 is 0 Å². The zero-order valence-corrected chi connectivity index (χ0v) is 13.3. The number of H-pyrrole nitrogens is 1. The first-order chi connectivity index (χ1) is 11.2. The predicted octanol–water partition coefficient (Wildman–Crippen LogP) is 2.34. The van der Waals surface area contributed by atoms with Crippen molar-refractivity contribution in [3.05, 3.63) is 53.6 Å². The van der Waals surface area contributed by atoms with Crippen LogP contribution < -0.4 is 10.6 Å². The second kappa shape index (κ2) is 6.81. The molecule has 6 heteroatoms. The summed E-state index contributed by atoms with van der Waals surface area (Å²) >= 11 is 0. The summed E-state index contributed by atoms with van der Waals surface area (Å²) in [4.78, 5) is 4.53. The zero-order valence-electron chi connectivity index (χ0n) is 13.3. The van der Waals surface area contributed by atoms with Crippen LogP contribution in [0, 0.1) is 5.82 Å². The molecule has 1 aliphatic carbocycles. The van der Waals surface area contributed by atoms with E-state index in [0.29, 0.717) is 13.1 Å². The maximum atomic E-state index is 14.0. The minimum absolute atomic E-state index is 0.102. The molecule has 0 aliphatic heterocycles. The lowest BCUT2D eigenvalue weighted by molar-refractivity contribution is 0.559. The molecule has 1 fully saturated rings. The van der Waals surface area contributed by atoms with Crippen LogP contribution in [0.1, 0.15) is 31.0 Å². The molecule has 0 unspecified atom stereocenters. The van der Waals surface area contributed by atoms with Gasteiger partial charge in [0.1, 0.15) is 5.82 Å².